The lowest BCUT2D eigenvalue weighted by Gasteiger charge is -2.36. The van der Waals surface area contributed by atoms with E-state index in [1.165, 1.54) is 11.3 Å². The highest BCUT2D eigenvalue weighted by molar-refractivity contribution is 7.12. The molecule has 1 aromatic heterocycles. The molecule has 0 radical (unpaired) electrons. The minimum Gasteiger partial charge on any atom is -0.379 e. The molecule has 2 fully saturated rings. The molecule has 2 unspecified atom stereocenters. The van der Waals surface area contributed by atoms with Gasteiger partial charge in [-0.3, -0.25) is 14.5 Å². The smallest absolute Gasteiger partial charge is 0.263 e. The first-order valence-corrected chi connectivity index (χ1v) is 12.1. The molecule has 6 nitrogen and oxygen atoms in total. The molecule has 2 aliphatic rings. The van der Waals surface area contributed by atoms with Crippen molar-refractivity contribution in [3.8, 4) is 0 Å². The Bertz CT molecular complexity index is 869. The Labute approximate surface area is 192 Å². The Balaban J connectivity index is 1.38. The van der Waals surface area contributed by atoms with E-state index in [9.17, 15) is 9.59 Å². The lowest BCUT2D eigenvalue weighted by molar-refractivity contribution is -0.126. The van der Waals surface area contributed by atoms with Crippen molar-refractivity contribution in [3.05, 3.63) is 57.2 Å². The van der Waals surface area contributed by atoms with Crippen LogP contribution in [-0.4, -0.2) is 67.6 Å². The van der Waals surface area contributed by atoms with Gasteiger partial charge in [-0.15, -0.1) is 11.3 Å². The van der Waals surface area contributed by atoms with E-state index < -0.39 is 0 Å². The number of ether oxygens (including phenoxy) is 1. The fourth-order valence-corrected chi connectivity index (χ4v) is 5.12. The van der Waals surface area contributed by atoms with E-state index in [1.807, 2.05) is 46.7 Å². The van der Waals surface area contributed by atoms with Gasteiger partial charge in [-0.05, 0) is 42.0 Å². The molecule has 0 saturated carbocycles. The standard InChI is InChI=1S/C23H28ClN3O3S/c24-19-7-5-17(6-8-19)20(26-10-12-30-13-11-26)15-25-22(28)18-3-1-9-27(16-18)23(29)21-4-2-14-31-21/h2,4-8,14,18,20H,1,3,9-13,15-16H2,(H,25,28). The maximum atomic E-state index is 13.0. The lowest BCUT2D eigenvalue weighted by Crippen LogP contribution is -2.48. The van der Waals surface area contributed by atoms with Crippen molar-refractivity contribution in [1.82, 2.24) is 15.1 Å². The Hall–Kier alpha value is -1.93. The van der Waals surface area contributed by atoms with E-state index in [1.54, 1.807) is 0 Å². The molecule has 3 heterocycles. The highest BCUT2D eigenvalue weighted by atomic mass is 35.5. The van der Waals surface area contributed by atoms with E-state index in [0.717, 1.165) is 36.4 Å². The summed E-state index contributed by atoms with van der Waals surface area (Å²) in [6.45, 7) is 4.76. The zero-order chi connectivity index (χ0) is 21.6. The predicted octanol–water partition coefficient (Wildman–Crippen LogP) is 3.44. The summed E-state index contributed by atoms with van der Waals surface area (Å²) in [5.74, 6) is -0.121. The average Bonchev–Trinajstić information content (AvgIpc) is 3.35. The van der Waals surface area contributed by atoms with Gasteiger partial charge in [-0.1, -0.05) is 29.8 Å². The first-order valence-electron chi connectivity index (χ1n) is 10.8. The molecule has 8 heteroatoms. The summed E-state index contributed by atoms with van der Waals surface area (Å²) in [5.41, 5.74) is 1.13. The molecule has 2 aromatic rings. The number of hydrogen-bond donors (Lipinski definition) is 1. The van der Waals surface area contributed by atoms with Gasteiger partial charge in [0.2, 0.25) is 5.91 Å². The third-order valence-electron chi connectivity index (χ3n) is 6.02. The predicted molar refractivity (Wildman–Crippen MR) is 123 cm³/mol. The van der Waals surface area contributed by atoms with Crippen molar-refractivity contribution in [2.75, 3.05) is 45.9 Å². The number of amides is 2. The summed E-state index contributed by atoms with van der Waals surface area (Å²) >= 11 is 7.52. The minimum absolute atomic E-state index is 0.0240. The van der Waals surface area contributed by atoms with E-state index in [4.69, 9.17) is 16.3 Å². The number of morpholine rings is 1. The zero-order valence-electron chi connectivity index (χ0n) is 17.5. The van der Waals surface area contributed by atoms with Gasteiger partial charge < -0.3 is 15.0 Å². The third kappa shape index (κ3) is 5.66. The second-order valence-electron chi connectivity index (χ2n) is 8.03. The number of thiophene rings is 1. The van der Waals surface area contributed by atoms with Crippen LogP contribution in [-0.2, 0) is 9.53 Å². The molecule has 0 spiro atoms. The molecule has 166 valence electrons. The zero-order valence-corrected chi connectivity index (χ0v) is 19.0. The van der Waals surface area contributed by atoms with E-state index >= 15 is 0 Å². The number of nitrogens with one attached hydrogen (secondary N) is 1. The average molecular weight is 462 g/mol. The van der Waals surface area contributed by atoms with Crippen LogP contribution in [0.15, 0.2) is 41.8 Å². The highest BCUT2D eigenvalue weighted by Crippen LogP contribution is 2.24. The number of hydrogen-bond acceptors (Lipinski definition) is 5. The first kappa shape index (κ1) is 22.3. The molecule has 0 bridgehead atoms. The maximum absolute atomic E-state index is 13.0. The van der Waals surface area contributed by atoms with Crippen LogP contribution in [0.3, 0.4) is 0 Å². The van der Waals surface area contributed by atoms with Gasteiger partial charge in [0.05, 0.1) is 30.1 Å². The second-order valence-corrected chi connectivity index (χ2v) is 9.41. The Morgan fingerprint density at radius 2 is 1.94 bits per heavy atom. The van der Waals surface area contributed by atoms with Crippen molar-refractivity contribution in [2.24, 2.45) is 5.92 Å². The van der Waals surface area contributed by atoms with Gasteiger partial charge in [0.25, 0.3) is 5.91 Å². The van der Waals surface area contributed by atoms with Crippen LogP contribution in [0.25, 0.3) is 0 Å². The van der Waals surface area contributed by atoms with Crippen molar-refractivity contribution in [2.45, 2.75) is 18.9 Å². The number of carbonyl (C=O) groups is 2. The Morgan fingerprint density at radius 3 is 2.65 bits per heavy atom. The van der Waals surface area contributed by atoms with E-state index in [0.29, 0.717) is 37.9 Å². The molecule has 4 rings (SSSR count). The van der Waals surface area contributed by atoms with Crippen LogP contribution in [0.2, 0.25) is 5.02 Å². The monoisotopic (exact) mass is 461 g/mol. The summed E-state index contributed by atoms with van der Waals surface area (Å²) in [7, 11) is 0. The van der Waals surface area contributed by atoms with Crippen LogP contribution in [0, 0.1) is 5.92 Å². The summed E-state index contributed by atoms with van der Waals surface area (Å²) in [5, 5.41) is 5.77. The van der Waals surface area contributed by atoms with E-state index in [-0.39, 0.29) is 23.8 Å². The molecule has 2 saturated heterocycles. The van der Waals surface area contributed by atoms with Gasteiger partial charge in [-0.2, -0.15) is 0 Å². The topological polar surface area (TPSA) is 61.9 Å². The summed E-state index contributed by atoms with van der Waals surface area (Å²) in [6, 6.07) is 11.6. The third-order valence-corrected chi connectivity index (χ3v) is 7.13. The maximum Gasteiger partial charge on any atom is 0.263 e. The number of halogens is 1. The SMILES string of the molecule is O=C(NCC(c1ccc(Cl)cc1)N1CCOCC1)C1CCCN(C(=O)c2cccs2)C1. The van der Waals surface area contributed by atoms with Gasteiger partial charge >= 0.3 is 0 Å². The van der Waals surface area contributed by atoms with Crippen molar-refractivity contribution in [1.29, 1.82) is 0 Å². The largest absolute Gasteiger partial charge is 0.379 e. The Morgan fingerprint density at radius 1 is 1.16 bits per heavy atom. The van der Waals surface area contributed by atoms with Crippen molar-refractivity contribution >= 4 is 34.8 Å². The normalized spacial score (nSPS) is 20.9. The van der Waals surface area contributed by atoms with Gasteiger partial charge in [-0.25, -0.2) is 0 Å². The molecule has 2 amide bonds. The van der Waals surface area contributed by atoms with Crippen molar-refractivity contribution < 1.29 is 14.3 Å². The van der Waals surface area contributed by atoms with Crippen LogP contribution >= 0.6 is 22.9 Å². The number of benzene rings is 1. The molecule has 1 N–H and O–H groups in total. The number of piperidine rings is 1. The quantitative estimate of drug-likeness (QED) is 0.715. The fraction of sp³-hybridized carbons (Fsp3) is 0.478. The molecule has 2 aliphatic heterocycles. The highest BCUT2D eigenvalue weighted by Gasteiger charge is 2.30. The number of nitrogens with zero attached hydrogens (tertiary/aromatic N) is 2. The number of likely N-dealkylation sites (tertiary alicyclic amines) is 1. The number of rotatable bonds is 6. The van der Waals surface area contributed by atoms with Crippen molar-refractivity contribution in [3.63, 3.8) is 0 Å². The molecule has 1 aromatic carbocycles. The molecule has 31 heavy (non-hydrogen) atoms. The van der Waals surface area contributed by atoms with Gasteiger partial charge in [0.15, 0.2) is 0 Å². The molecule has 0 aliphatic carbocycles. The summed E-state index contributed by atoms with van der Waals surface area (Å²) in [4.78, 5) is 30.6. The summed E-state index contributed by atoms with van der Waals surface area (Å²) in [6.07, 6.45) is 1.66. The fourth-order valence-electron chi connectivity index (χ4n) is 4.31. The van der Waals surface area contributed by atoms with Crippen LogP contribution in [0.5, 0.6) is 0 Å². The summed E-state index contributed by atoms with van der Waals surface area (Å²) < 4.78 is 5.50. The molecular formula is C23H28ClN3O3S. The number of carbonyl (C=O) groups excluding carboxylic acids is 2. The molecular weight excluding hydrogens is 434 g/mol. The lowest BCUT2D eigenvalue weighted by atomic mass is 9.96. The van der Waals surface area contributed by atoms with Crippen LogP contribution in [0.4, 0.5) is 0 Å². The van der Waals surface area contributed by atoms with Gasteiger partial charge in [0.1, 0.15) is 0 Å². The Kier molecular flexibility index (Phi) is 7.61. The van der Waals surface area contributed by atoms with Gasteiger partial charge in [0, 0.05) is 37.7 Å². The minimum atomic E-state index is -0.173. The van der Waals surface area contributed by atoms with Crippen LogP contribution < -0.4 is 5.32 Å². The van der Waals surface area contributed by atoms with E-state index in [2.05, 4.69) is 10.2 Å². The molecule has 2 atom stereocenters. The first-order chi connectivity index (χ1) is 15.1. The van der Waals surface area contributed by atoms with Crippen LogP contribution in [0.1, 0.15) is 34.1 Å². The second kappa shape index (κ2) is 10.6.